The number of rotatable bonds is 6. The molecule has 2 aromatic heterocycles. The first-order valence-electron chi connectivity index (χ1n) is 6.80. The first-order chi connectivity index (χ1) is 11.7. The minimum Gasteiger partial charge on any atom is -0.484 e. The molecule has 0 aliphatic carbocycles. The molecule has 2 heterocycles. The molecular formula is C15H12Cl2N4O2S. The standard InChI is InChI=1S/C15H12Cl2N4O2S/c1-24-15-20-18-9-21(15)19-7-11-3-4-12(23-11)8-22-14-5-2-10(16)6-13(14)17/h2-7,9H,8H2,1H3/b19-7-. The largest absolute Gasteiger partial charge is 0.484 e. The number of benzene rings is 1. The van der Waals surface area contributed by atoms with E-state index in [9.17, 15) is 0 Å². The normalized spacial score (nSPS) is 11.3. The Kier molecular flexibility index (Phi) is 5.44. The second-order valence-electron chi connectivity index (χ2n) is 4.57. The molecule has 0 N–H and O–H groups in total. The van der Waals surface area contributed by atoms with Gasteiger partial charge in [0.1, 0.15) is 30.2 Å². The predicted octanol–water partition coefficient (Wildman–Crippen LogP) is 4.36. The van der Waals surface area contributed by atoms with Crippen molar-refractivity contribution in [3.05, 3.63) is 58.2 Å². The van der Waals surface area contributed by atoms with E-state index in [4.69, 9.17) is 32.4 Å². The maximum absolute atomic E-state index is 6.06. The zero-order chi connectivity index (χ0) is 16.9. The van der Waals surface area contributed by atoms with Crippen LogP contribution in [0.3, 0.4) is 0 Å². The van der Waals surface area contributed by atoms with Gasteiger partial charge in [0.05, 0.1) is 11.2 Å². The number of ether oxygens (including phenoxy) is 1. The van der Waals surface area contributed by atoms with Crippen LogP contribution in [0.25, 0.3) is 0 Å². The lowest BCUT2D eigenvalue weighted by Gasteiger charge is -2.06. The maximum atomic E-state index is 6.06. The summed E-state index contributed by atoms with van der Waals surface area (Å²) in [6, 6.07) is 8.67. The third-order valence-electron chi connectivity index (χ3n) is 2.94. The highest BCUT2D eigenvalue weighted by Crippen LogP contribution is 2.28. The molecule has 24 heavy (non-hydrogen) atoms. The molecule has 0 unspecified atom stereocenters. The van der Waals surface area contributed by atoms with Gasteiger partial charge < -0.3 is 9.15 Å². The topological polar surface area (TPSA) is 65.4 Å². The van der Waals surface area contributed by atoms with Gasteiger partial charge in [-0.25, -0.2) is 0 Å². The Labute approximate surface area is 152 Å². The van der Waals surface area contributed by atoms with Gasteiger partial charge in [-0.3, -0.25) is 0 Å². The van der Waals surface area contributed by atoms with Crippen molar-refractivity contribution < 1.29 is 9.15 Å². The van der Waals surface area contributed by atoms with E-state index >= 15 is 0 Å². The SMILES string of the molecule is CSc1nncn1/N=C\c1ccc(COc2ccc(Cl)cc2Cl)o1. The summed E-state index contributed by atoms with van der Waals surface area (Å²) in [6.07, 6.45) is 5.01. The van der Waals surface area contributed by atoms with E-state index in [0.717, 1.165) is 0 Å². The van der Waals surface area contributed by atoms with Gasteiger partial charge >= 0.3 is 0 Å². The monoisotopic (exact) mass is 382 g/mol. The molecule has 0 radical (unpaired) electrons. The average molecular weight is 383 g/mol. The van der Waals surface area contributed by atoms with Gasteiger partial charge in [-0.2, -0.15) is 9.78 Å². The van der Waals surface area contributed by atoms with Crippen LogP contribution >= 0.6 is 35.0 Å². The van der Waals surface area contributed by atoms with Gasteiger partial charge in [0.2, 0.25) is 5.16 Å². The van der Waals surface area contributed by atoms with Gasteiger partial charge in [-0.1, -0.05) is 35.0 Å². The first kappa shape index (κ1) is 16.9. The minimum absolute atomic E-state index is 0.248. The molecule has 0 bridgehead atoms. The summed E-state index contributed by atoms with van der Waals surface area (Å²) in [7, 11) is 0. The molecular weight excluding hydrogens is 371 g/mol. The highest BCUT2D eigenvalue weighted by molar-refractivity contribution is 7.98. The van der Waals surface area contributed by atoms with E-state index in [-0.39, 0.29) is 6.61 Å². The number of halogens is 2. The molecule has 0 amide bonds. The third kappa shape index (κ3) is 4.11. The van der Waals surface area contributed by atoms with E-state index in [2.05, 4.69) is 15.3 Å². The van der Waals surface area contributed by atoms with Crippen molar-refractivity contribution in [2.24, 2.45) is 5.10 Å². The summed E-state index contributed by atoms with van der Waals surface area (Å²) >= 11 is 13.4. The molecule has 0 aliphatic heterocycles. The molecule has 6 nitrogen and oxygen atoms in total. The van der Waals surface area contributed by atoms with E-state index in [1.807, 2.05) is 12.3 Å². The Morgan fingerprint density at radius 2 is 2.21 bits per heavy atom. The summed E-state index contributed by atoms with van der Waals surface area (Å²) in [4.78, 5) is 0. The summed E-state index contributed by atoms with van der Waals surface area (Å²) in [5.41, 5.74) is 0. The number of aromatic nitrogens is 3. The van der Waals surface area contributed by atoms with Crippen LogP contribution in [0.4, 0.5) is 0 Å². The van der Waals surface area contributed by atoms with Gasteiger partial charge in [0.25, 0.3) is 0 Å². The van der Waals surface area contributed by atoms with Gasteiger partial charge in [0, 0.05) is 5.02 Å². The van der Waals surface area contributed by atoms with Crippen LogP contribution in [0.5, 0.6) is 5.75 Å². The number of furan rings is 1. The fourth-order valence-corrected chi connectivity index (χ4v) is 2.71. The molecule has 0 atom stereocenters. The molecule has 9 heteroatoms. The molecule has 0 saturated carbocycles. The average Bonchev–Trinajstić information content (AvgIpc) is 3.20. The highest BCUT2D eigenvalue weighted by Gasteiger charge is 2.06. The lowest BCUT2D eigenvalue weighted by atomic mass is 10.3. The lowest BCUT2D eigenvalue weighted by Crippen LogP contribution is -1.94. The molecule has 0 fully saturated rings. The third-order valence-corrected chi connectivity index (χ3v) is 4.10. The Balaban J connectivity index is 1.63. The fourth-order valence-electron chi connectivity index (χ4n) is 1.83. The Morgan fingerprint density at radius 1 is 1.33 bits per heavy atom. The van der Waals surface area contributed by atoms with Crippen molar-refractivity contribution in [3.8, 4) is 5.75 Å². The maximum Gasteiger partial charge on any atom is 0.211 e. The summed E-state index contributed by atoms with van der Waals surface area (Å²) < 4.78 is 12.8. The van der Waals surface area contributed by atoms with E-state index < -0.39 is 0 Å². The fraction of sp³-hybridized carbons (Fsp3) is 0.133. The van der Waals surface area contributed by atoms with Crippen LogP contribution in [0, 0.1) is 0 Å². The number of nitrogens with zero attached hydrogens (tertiary/aromatic N) is 4. The Morgan fingerprint density at radius 3 is 3.00 bits per heavy atom. The zero-order valence-corrected chi connectivity index (χ0v) is 14.8. The van der Waals surface area contributed by atoms with Crippen molar-refractivity contribution in [1.29, 1.82) is 0 Å². The minimum atomic E-state index is 0.248. The molecule has 3 aromatic rings. The first-order valence-corrected chi connectivity index (χ1v) is 8.78. The summed E-state index contributed by atoms with van der Waals surface area (Å²) in [5.74, 6) is 1.79. The van der Waals surface area contributed by atoms with Crippen LogP contribution in [-0.4, -0.2) is 27.3 Å². The predicted molar refractivity (Wildman–Crippen MR) is 94.3 cm³/mol. The van der Waals surface area contributed by atoms with Crippen LogP contribution in [0.1, 0.15) is 11.5 Å². The summed E-state index contributed by atoms with van der Waals surface area (Å²) in [6.45, 7) is 0.248. The van der Waals surface area contributed by atoms with Crippen molar-refractivity contribution in [2.75, 3.05) is 6.26 Å². The van der Waals surface area contributed by atoms with Gasteiger partial charge in [-0.05, 0) is 36.6 Å². The number of hydrogen-bond donors (Lipinski definition) is 0. The van der Waals surface area contributed by atoms with Crippen LogP contribution in [0.15, 0.2) is 51.3 Å². The van der Waals surface area contributed by atoms with Crippen LogP contribution in [0.2, 0.25) is 10.0 Å². The Bertz CT molecular complexity index is 863. The van der Waals surface area contributed by atoms with Gasteiger partial charge in [0.15, 0.2) is 0 Å². The highest BCUT2D eigenvalue weighted by atomic mass is 35.5. The Hall–Kier alpha value is -1.96. The number of thioether (sulfide) groups is 1. The second-order valence-corrected chi connectivity index (χ2v) is 6.19. The molecule has 1 aromatic carbocycles. The lowest BCUT2D eigenvalue weighted by molar-refractivity contribution is 0.270. The van der Waals surface area contributed by atoms with E-state index in [1.54, 1.807) is 35.2 Å². The molecule has 124 valence electrons. The molecule has 0 aliphatic rings. The smallest absolute Gasteiger partial charge is 0.211 e. The summed E-state index contributed by atoms with van der Waals surface area (Å²) in [5, 5.41) is 13.7. The molecule has 3 rings (SSSR count). The second kappa shape index (κ2) is 7.74. The van der Waals surface area contributed by atoms with Crippen molar-refractivity contribution in [1.82, 2.24) is 14.9 Å². The van der Waals surface area contributed by atoms with Crippen molar-refractivity contribution in [2.45, 2.75) is 11.8 Å². The molecule has 0 spiro atoms. The van der Waals surface area contributed by atoms with Crippen molar-refractivity contribution >= 4 is 41.2 Å². The quantitative estimate of drug-likeness (QED) is 0.467. The molecule has 0 saturated heterocycles. The van der Waals surface area contributed by atoms with Gasteiger partial charge in [-0.15, -0.1) is 10.2 Å². The van der Waals surface area contributed by atoms with E-state index in [1.165, 1.54) is 18.1 Å². The zero-order valence-electron chi connectivity index (χ0n) is 12.5. The van der Waals surface area contributed by atoms with E-state index in [0.29, 0.717) is 32.5 Å². The van der Waals surface area contributed by atoms with Crippen molar-refractivity contribution in [3.63, 3.8) is 0 Å². The number of hydrogen-bond acceptors (Lipinski definition) is 6. The van der Waals surface area contributed by atoms with Crippen LogP contribution < -0.4 is 4.74 Å². The van der Waals surface area contributed by atoms with Crippen LogP contribution in [-0.2, 0) is 6.61 Å².